The van der Waals surface area contributed by atoms with Gasteiger partial charge in [0, 0.05) is 24.7 Å². The van der Waals surface area contributed by atoms with Crippen molar-refractivity contribution >= 4 is 11.9 Å². The monoisotopic (exact) mass is 422 g/mol. The summed E-state index contributed by atoms with van der Waals surface area (Å²) in [7, 11) is 0. The molecule has 2 aromatic carbocycles. The molecule has 5 nitrogen and oxygen atoms in total. The molecule has 1 amide bonds. The summed E-state index contributed by atoms with van der Waals surface area (Å²) >= 11 is 0. The first-order chi connectivity index (χ1) is 15.0. The van der Waals surface area contributed by atoms with E-state index in [2.05, 4.69) is 9.97 Å². The Kier molecular flexibility index (Phi) is 6.21. The quantitative estimate of drug-likeness (QED) is 0.647. The largest absolute Gasteiger partial charge is 0.368 e. The summed E-state index contributed by atoms with van der Waals surface area (Å²) in [5.41, 5.74) is 8.77. The Bertz CT molecular complexity index is 1070. The summed E-state index contributed by atoms with van der Waals surface area (Å²) in [4.78, 5) is 23.5. The second-order valence-corrected chi connectivity index (χ2v) is 7.76. The van der Waals surface area contributed by atoms with Crippen molar-refractivity contribution < 1.29 is 13.6 Å². The lowest BCUT2D eigenvalue weighted by Crippen LogP contribution is -2.39. The highest BCUT2D eigenvalue weighted by atomic mass is 19.1. The number of piperidine rings is 1. The molecule has 31 heavy (non-hydrogen) atoms. The van der Waals surface area contributed by atoms with Crippen molar-refractivity contribution in [1.29, 1.82) is 0 Å². The number of hydrogen-bond donors (Lipinski definition) is 1. The fourth-order valence-electron chi connectivity index (χ4n) is 4.10. The first-order valence-corrected chi connectivity index (χ1v) is 10.4. The number of halogens is 2. The van der Waals surface area contributed by atoms with E-state index in [-0.39, 0.29) is 29.5 Å². The third-order valence-corrected chi connectivity index (χ3v) is 5.65. The van der Waals surface area contributed by atoms with E-state index < -0.39 is 0 Å². The van der Waals surface area contributed by atoms with E-state index >= 15 is 0 Å². The molecule has 2 heterocycles. The van der Waals surface area contributed by atoms with E-state index in [0.29, 0.717) is 36.2 Å². The number of nitrogen functional groups attached to an aromatic ring is 1. The number of anilines is 1. The van der Waals surface area contributed by atoms with E-state index in [1.165, 1.54) is 24.3 Å². The number of likely N-dealkylation sites (tertiary alicyclic amines) is 1. The molecule has 1 aliphatic heterocycles. The van der Waals surface area contributed by atoms with Crippen LogP contribution in [0, 0.1) is 11.6 Å². The molecule has 1 aromatic heterocycles. The smallest absolute Gasteiger partial charge is 0.223 e. The number of aromatic nitrogens is 2. The molecular weight excluding hydrogens is 398 g/mol. The van der Waals surface area contributed by atoms with Crippen LogP contribution in [0.15, 0.2) is 54.7 Å². The van der Waals surface area contributed by atoms with Gasteiger partial charge >= 0.3 is 0 Å². The molecule has 0 bridgehead atoms. The molecule has 7 heteroatoms. The first kappa shape index (κ1) is 20.9. The number of carbonyl (C=O) groups excluding carboxylic acids is 1. The molecule has 0 saturated carbocycles. The highest BCUT2D eigenvalue weighted by molar-refractivity contribution is 5.78. The second-order valence-electron chi connectivity index (χ2n) is 7.76. The number of carbonyl (C=O) groups is 1. The number of aryl methyl sites for hydroxylation is 1. The highest BCUT2D eigenvalue weighted by Gasteiger charge is 2.31. The number of hydrogen-bond acceptors (Lipinski definition) is 4. The van der Waals surface area contributed by atoms with E-state index in [1.54, 1.807) is 30.5 Å². The van der Waals surface area contributed by atoms with E-state index in [0.717, 1.165) is 24.8 Å². The molecule has 0 spiro atoms. The van der Waals surface area contributed by atoms with Crippen LogP contribution in [0.3, 0.4) is 0 Å². The summed E-state index contributed by atoms with van der Waals surface area (Å²) in [5, 5.41) is 0. The van der Waals surface area contributed by atoms with Crippen LogP contribution in [0.4, 0.5) is 14.7 Å². The second kappa shape index (κ2) is 9.20. The summed E-state index contributed by atoms with van der Waals surface area (Å²) in [6.45, 7) is 0.624. The highest BCUT2D eigenvalue weighted by Crippen LogP contribution is 2.36. The number of benzene rings is 2. The number of nitrogens with two attached hydrogens (primary N) is 1. The van der Waals surface area contributed by atoms with Crippen molar-refractivity contribution in [3.05, 3.63) is 77.6 Å². The van der Waals surface area contributed by atoms with E-state index in [9.17, 15) is 13.6 Å². The van der Waals surface area contributed by atoms with Crippen LogP contribution in [0.1, 0.15) is 43.0 Å². The summed E-state index contributed by atoms with van der Waals surface area (Å²) in [5.74, 6) is -0.510. The van der Waals surface area contributed by atoms with Gasteiger partial charge in [-0.2, -0.15) is 0 Å². The molecule has 1 unspecified atom stereocenters. The molecule has 0 radical (unpaired) electrons. The normalized spacial score (nSPS) is 16.3. The van der Waals surface area contributed by atoms with Crippen molar-refractivity contribution in [1.82, 2.24) is 14.9 Å². The van der Waals surface area contributed by atoms with Crippen LogP contribution in [0.5, 0.6) is 0 Å². The molecule has 1 atom stereocenters. The van der Waals surface area contributed by atoms with Crippen molar-refractivity contribution in [2.75, 3.05) is 12.3 Å². The van der Waals surface area contributed by atoms with Crippen molar-refractivity contribution in [3.8, 4) is 11.1 Å². The maximum Gasteiger partial charge on any atom is 0.223 e. The van der Waals surface area contributed by atoms with Gasteiger partial charge in [0.1, 0.15) is 11.6 Å². The topological polar surface area (TPSA) is 72.1 Å². The lowest BCUT2D eigenvalue weighted by atomic mass is 9.93. The third kappa shape index (κ3) is 4.87. The van der Waals surface area contributed by atoms with Crippen LogP contribution < -0.4 is 5.73 Å². The van der Waals surface area contributed by atoms with Gasteiger partial charge in [-0.1, -0.05) is 24.3 Å². The maximum absolute atomic E-state index is 13.8. The molecule has 1 saturated heterocycles. The summed E-state index contributed by atoms with van der Waals surface area (Å²) < 4.78 is 27.0. The van der Waals surface area contributed by atoms with Crippen LogP contribution in [0.2, 0.25) is 0 Å². The number of rotatable bonds is 5. The molecule has 0 aliphatic carbocycles. The van der Waals surface area contributed by atoms with Crippen molar-refractivity contribution in [3.63, 3.8) is 0 Å². The molecule has 1 fully saturated rings. The maximum atomic E-state index is 13.8. The van der Waals surface area contributed by atoms with Gasteiger partial charge in [-0.15, -0.1) is 0 Å². The standard InChI is InChI=1S/C24H24F2N4O/c25-18-10-7-16(8-11-18)9-12-22(31)30-13-2-1-6-21(30)23-20(15-28-24(27)29-23)17-4-3-5-19(26)14-17/h3-5,7-8,10-11,14-15,21H,1-2,6,9,12-13H2,(H2,27,28,29). The predicted molar refractivity (Wildman–Crippen MR) is 115 cm³/mol. The van der Waals surface area contributed by atoms with Gasteiger partial charge in [0.2, 0.25) is 11.9 Å². The zero-order valence-corrected chi connectivity index (χ0v) is 17.1. The zero-order chi connectivity index (χ0) is 21.8. The van der Waals surface area contributed by atoms with Crippen LogP contribution in [0.25, 0.3) is 11.1 Å². The number of nitrogens with zero attached hydrogens (tertiary/aromatic N) is 3. The van der Waals surface area contributed by atoms with Gasteiger partial charge in [-0.25, -0.2) is 18.7 Å². The number of amides is 1. The Morgan fingerprint density at radius 3 is 2.68 bits per heavy atom. The lowest BCUT2D eigenvalue weighted by Gasteiger charge is -2.36. The van der Waals surface area contributed by atoms with Crippen LogP contribution in [-0.2, 0) is 11.2 Å². The average Bonchev–Trinajstić information content (AvgIpc) is 2.78. The van der Waals surface area contributed by atoms with E-state index in [1.807, 2.05) is 4.90 Å². The molecule has 1 aliphatic rings. The fourth-order valence-corrected chi connectivity index (χ4v) is 4.10. The molecule has 4 rings (SSSR count). The predicted octanol–water partition coefficient (Wildman–Crippen LogP) is 4.69. The zero-order valence-electron chi connectivity index (χ0n) is 17.1. The SMILES string of the molecule is Nc1ncc(-c2cccc(F)c2)c(C2CCCCN2C(=O)CCc2ccc(F)cc2)n1. The third-order valence-electron chi connectivity index (χ3n) is 5.65. The Labute approximate surface area is 179 Å². The van der Waals surface area contributed by atoms with Crippen molar-refractivity contribution in [2.45, 2.75) is 38.1 Å². The van der Waals surface area contributed by atoms with Gasteiger partial charge in [0.05, 0.1) is 11.7 Å². The Morgan fingerprint density at radius 2 is 1.90 bits per heavy atom. The minimum atomic E-state index is -0.351. The summed E-state index contributed by atoms with van der Waals surface area (Å²) in [6.07, 6.45) is 5.07. The Balaban J connectivity index is 1.60. The lowest BCUT2D eigenvalue weighted by molar-refractivity contribution is -0.135. The van der Waals surface area contributed by atoms with E-state index in [4.69, 9.17) is 5.73 Å². The van der Waals surface area contributed by atoms with Gasteiger partial charge < -0.3 is 10.6 Å². The first-order valence-electron chi connectivity index (χ1n) is 10.4. The van der Waals surface area contributed by atoms with Gasteiger partial charge in [-0.3, -0.25) is 4.79 Å². The minimum absolute atomic E-state index is 0.0106. The molecule has 2 N–H and O–H groups in total. The fraction of sp³-hybridized carbons (Fsp3) is 0.292. The molecule has 160 valence electrons. The van der Waals surface area contributed by atoms with Gasteiger partial charge in [0.15, 0.2) is 0 Å². The Hall–Kier alpha value is -3.35. The summed E-state index contributed by atoms with van der Waals surface area (Å²) in [6, 6.07) is 12.2. The van der Waals surface area contributed by atoms with Crippen LogP contribution in [-0.4, -0.2) is 27.3 Å². The minimum Gasteiger partial charge on any atom is -0.368 e. The average molecular weight is 422 g/mol. The van der Waals surface area contributed by atoms with Gasteiger partial charge in [-0.05, 0) is 61.1 Å². The van der Waals surface area contributed by atoms with Crippen molar-refractivity contribution in [2.24, 2.45) is 0 Å². The van der Waals surface area contributed by atoms with Crippen LogP contribution >= 0.6 is 0 Å². The molecule has 3 aromatic rings. The van der Waals surface area contributed by atoms with Gasteiger partial charge in [0.25, 0.3) is 0 Å². The molecular formula is C24H24F2N4O. The Morgan fingerprint density at radius 1 is 1.10 bits per heavy atom.